The summed E-state index contributed by atoms with van der Waals surface area (Å²) >= 11 is 5.40. The summed E-state index contributed by atoms with van der Waals surface area (Å²) in [5, 5.41) is 0. The lowest BCUT2D eigenvalue weighted by Crippen LogP contribution is -2.01. The molecule has 0 aliphatic rings. The fourth-order valence-electron chi connectivity index (χ4n) is 0.503. The largest absolute Gasteiger partial charge is 0.377 e. The number of rotatable bonds is 5. The Morgan fingerprint density at radius 2 is 2.10 bits per heavy atom. The first kappa shape index (κ1) is 9.99. The van der Waals surface area contributed by atoms with Gasteiger partial charge in [-0.15, -0.1) is 11.6 Å². The van der Waals surface area contributed by atoms with Gasteiger partial charge in [0, 0.05) is 12.5 Å². The molecule has 2 heteroatoms. The molecule has 0 bridgehead atoms. The second-order valence-corrected chi connectivity index (χ2v) is 2.87. The molecule has 10 heavy (non-hydrogen) atoms. The van der Waals surface area contributed by atoms with Crippen LogP contribution in [-0.2, 0) is 4.74 Å². The minimum absolute atomic E-state index is 0.574. The van der Waals surface area contributed by atoms with Gasteiger partial charge in [0.1, 0.15) is 0 Å². The van der Waals surface area contributed by atoms with E-state index in [4.69, 9.17) is 16.3 Å². The van der Waals surface area contributed by atoms with Crippen molar-refractivity contribution in [1.82, 2.24) is 0 Å². The van der Waals surface area contributed by atoms with Crippen LogP contribution in [0.3, 0.4) is 0 Å². The maximum atomic E-state index is 5.40. The van der Waals surface area contributed by atoms with Crippen LogP contribution in [0.15, 0.2) is 12.2 Å². The van der Waals surface area contributed by atoms with Gasteiger partial charge in [-0.3, -0.25) is 0 Å². The molecule has 0 rings (SSSR count). The minimum Gasteiger partial charge on any atom is -0.377 e. The molecule has 1 nitrogen and oxygen atoms in total. The Morgan fingerprint density at radius 3 is 2.60 bits per heavy atom. The van der Waals surface area contributed by atoms with Crippen molar-refractivity contribution in [2.24, 2.45) is 5.92 Å². The number of halogens is 1. The van der Waals surface area contributed by atoms with E-state index < -0.39 is 0 Å². The van der Waals surface area contributed by atoms with E-state index in [9.17, 15) is 0 Å². The zero-order valence-corrected chi connectivity index (χ0v) is 7.40. The van der Waals surface area contributed by atoms with E-state index in [0.29, 0.717) is 18.4 Å². The highest BCUT2D eigenvalue weighted by atomic mass is 35.5. The van der Waals surface area contributed by atoms with Gasteiger partial charge in [0.25, 0.3) is 0 Å². The van der Waals surface area contributed by atoms with Crippen LogP contribution in [0, 0.1) is 5.92 Å². The minimum atomic E-state index is 0.574. The molecular weight excluding hydrogens is 148 g/mol. The van der Waals surface area contributed by atoms with Crippen LogP contribution in [0.25, 0.3) is 0 Å². The molecule has 0 aromatic carbocycles. The predicted molar refractivity (Wildman–Crippen MR) is 45.5 cm³/mol. The van der Waals surface area contributed by atoms with Crippen LogP contribution >= 0.6 is 11.6 Å². The summed E-state index contributed by atoms with van der Waals surface area (Å²) in [6, 6.07) is 0. The SMILES string of the molecule is CC(C)COCC=CCCl. The summed E-state index contributed by atoms with van der Waals surface area (Å²) in [5.41, 5.74) is 0. The summed E-state index contributed by atoms with van der Waals surface area (Å²) in [7, 11) is 0. The summed E-state index contributed by atoms with van der Waals surface area (Å²) in [6.45, 7) is 5.77. The van der Waals surface area contributed by atoms with E-state index in [1.54, 1.807) is 0 Å². The van der Waals surface area contributed by atoms with Crippen LogP contribution in [0.1, 0.15) is 13.8 Å². The van der Waals surface area contributed by atoms with E-state index in [2.05, 4.69) is 13.8 Å². The van der Waals surface area contributed by atoms with Crippen LogP contribution in [0.4, 0.5) is 0 Å². The zero-order chi connectivity index (χ0) is 7.82. The summed E-state index contributed by atoms with van der Waals surface area (Å²) in [5.74, 6) is 1.19. The van der Waals surface area contributed by atoms with Crippen molar-refractivity contribution in [3.63, 3.8) is 0 Å². The molecule has 0 radical (unpaired) electrons. The second kappa shape index (κ2) is 7.10. The molecule has 0 aromatic rings. The molecule has 0 heterocycles. The molecule has 0 aliphatic carbocycles. The van der Waals surface area contributed by atoms with Crippen molar-refractivity contribution in [3.8, 4) is 0 Å². The molecule has 0 spiro atoms. The predicted octanol–water partition coefficient (Wildman–Crippen LogP) is 2.45. The van der Waals surface area contributed by atoms with Gasteiger partial charge in [-0.05, 0) is 5.92 Å². The average molecular weight is 163 g/mol. The van der Waals surface area contributed by atoms with Crippen molar-refractivity contribution in [2.45, 2.75) is 13.8 Å². The summed E-state index contributed by atoms with van der Waals surface area (Å²) < 4.78 is 5.25. The molecule has 0 N–H and O–H groups in total. The van der Waals surface area contributed by atoms with Gasteiger partial charge in [-0.2, -0.15) is 0 Å². The molecule has 0 aromatic heterocycles. The Bertz CT molecular complexity index is 89.3. The first-order chi connectivity index (χ1) is 4.77. The average Bonchev–Trinajstić information content (AvgIpc) is 1.87. The van der Waals surface area contributed by atoms with Crippen LogP contribution in [0.5, 0.6) is 0 Å². The third-order valence-corrected chi connectivity index (χ3v) is 1.10. The van der Waals surface area contributed by atoms with Gasteiger partial charge in [-0.1, -0.05) is 26.0 Å². The van der Waals surface area contributed by atoms with E-state index in [1.165, 1.54) is 0 Å². The highest BCUT2D eigenvalue weighted by Crippen LogP contribution is 1.91. The van der Waals surface area contributed by atoms with E-state index in [-0.39, 0.29) is 0 Å². The number of hydrogen-bond donors (Lipinski definition) is 0. The molecule has 0 atom stereocenters. The van der Waals surface area contributed by atoms with Crippen molar-refractivity contribution >= 4 is 11.6 Å². The molecular formula is C8H15ClO. The van der Waals surface area contributed by atoms with Crippen molar-refractivity contribution < 1.29 is 4.74 Å². The third kappa shape index (κ3) is 7.99. The molecule has 0 saturated carbocycles. The summed E-state index contributed by atoms with van der Waals surface area (Å²) in [6.07, 6.45) is 3.83. The Hall–Kier alpha value is -0.0100. The van der Waals surface area contributed by atoms with E-state index in [0.717, 1.165) is 6.61 Å². The maximum Gasteiger partial charge on any atom is 0.0647 e. The van der Waals surface area contributed by atoms with Gasteiger partial charge < -0.3 is 4.74 Å². The van der Waals surface area contributed by atoms with E-state index in [1.807, 2.05) is 12.2 Å². The van der Waals surface area contributed by atoms with Gasteiger partial charge in [0.2, 0.25) is 0 Å². The summed E-state index contributed by atoms with van der Waals surface area (Å²) in [4.78, 5) is 0. The van der Waals surface area contributed by atoms with Crippen LogP contribution in [-0.4, -0.2) is 19.1 Å². The quantitative estimate of drug-likeness (QED) is 0.343. The van der Waals surface area contributed by atoms with Gasteiger partial charge in [-0.25, -0.2) is 0 Å². The third-order valence-electron chi connectivity index (χ3n) is 0.921. The van der Waals surface area contributed by atoms with Crippen molar-refractivity contribution in [2.75, 3.05) is 19.1 Å². The van der Waals surface area contributed by atoms with Gasteiger partial charge in [0.15, 0.2) is 0 Å². The van der Waals surface area contributed by atoms with Crippen molar-refractivity contribution in [3.05, 3.63) is 12.2 Å². The first-order valence-electron chi connectivity index (χ1n) is 3.56. The Morgan fingerprint density at radius 1 is 1.40 bits per heavy atom. The van der Waals surface area contributed by atoms with Gasteiger partial charge in [0.05, 0.1) is 6.61 Å². The molecule has 0 amide bonds. The highest BCUT2D eigenvalue weighted by Gasteiger charge is 1.89. The normalized spacial score (nSPS) is 11.6. The second-order valence-electron chi connectivity index (χ2n) is 2.56. The topological polar surface area (TPSA) is 9.23 Å². The lowest BCUT2D eigenvalue weighted by atomic mass is 10.2. The number of hydrogen-bond acceptors (Lipinski definition) is 1. The highest BCUT2D eigenvalue weighted by molar-refractivity contribution is 6.18. The van der Waals surface area contributed by atoms with Crippen molar-refractivity contribution in [1.29, 1.82) is 0 Å². The standard InChI is InChI=1S/C8H15ClO/c1-8(2)7-10-6-4-3-5-9/h3-4,8H,5-7H2,1-2H3. The number of alkyl halides is 1. The Balaban J connectivity index is 2.97. The van der Waals surface area contributed by atoms with E-state index >= 15 is 0 Å². The maximum absolute atomic E-state index is 5.40. The molecule has 0 aliphatic heterocycles. The Labute approximate surface area is 68.0 Å². The molecule has 60 valence electrons. The number of ether oxygens (including phenoxy) is 1. The Kier molecular flexibility index (Phi) is 7.09. The monoisotopic (exact) mass is 162 g/mol. The molecule has 0 unspecified atom stereocenters. The fourth-order valence-corrected chi connectivity index (χ4v) is 0.629. The van der Waals surface area contributed by atoms with Crippen LogP contribution < -0.4 is 0 Å². The molecule has 0 fully saturated rings. The van der Waals surface area contributed by atoms with Gasteiger partial charge >= 0.3 is 0 Å². The first-order valence-corrected chi connectivity index (χ1v) is 4.09. The molecule has 0 saturated heterocycles. The fraction of sp³-hybridized carbons (Fsp3) is 0.750. The zero-order valence-electron chi connectivity index (χ0n) is 6.64. The number of allylic oxidation sites excluding steroid dienone is 1. The lowest BCUT2D eigenvalue weighted by Gasteiger charge is -2.02. The smallest absolute Gasteiger partial charge is 0.0647 e. The van der Waals surface area contributed by atoms with Crippen LogP contribution in [0.2, 0.25) is 0 Å². The lowest BCUT2D eigenvalue weighted by molar-refractivity contribution is 0.135.